The highest BCUT2D eigenvalue weighted by atomic mass is 35.5. The molecule has 28 heavy (non-hydrogen) atoms. The summed E-state index contributed by atoms with van der Waals surface area (Å²) >= 11 is 7.29. The molecule has 1 aliphatic heterocycles. The lowest BCUT2D eigenvalue weighted by atomic mass is 10.2. The summed E-state index contributed by atoms with van der Waals surface area (Å²) in [6, 6.07) is 23.6. The van der Waals surface area contributed by atoms with Crippen molar-refractivity contribution in [3.8, 4) is 5.75 Å². The molecule has 1 aliphatic rings. The number of carbonyl (C=O) groups is 1. The fourth-order valence-corrected chi connectivity index (χ4v) is 3.92. The Morgan fingerprint density at radius 3 is 2.36 bits per heavy atom. The summed E-state index contributed by atoms with van der Waals surface area (Å²) in [4.78, 5) is 19.8. The molecule has 4 nitrogen and oxygen atoms in total. The second kappa shape index (κ2) is 7.92. The van der Waals surface area contributed by atoms with Gasteiger partial charge in [0, 0.05) is 10.6 Å². The van der Waals surface area contributed by atoms with Gasteiger partial charge >= 0.3 is 0 Å². The van der Waals surface area contributed by atoms with Gasteiger partial charge in [-0.15, -0.1) is 0 Å². The van der Waals surface area contributed by atoms with Gasteiger partial charge in [-0.05, 0) is 60.3 Å². The van der Waals surface area contributed by atoms with E-state index in [0.717, 1.165) is 11.4 Å². The molecule has 4 rings (SSSR count). The number of para-hydroxylation sites is 2. The van der Waals surface area contributed by atoms with Gasteiger partial charge in [0.15, 0.2) is 5.17 Å². The molecule has 0 atom stereocenters. The first-order valence-corrected chi connectivity index (χ1v) is 9.72. The van der Waals surface area contributed by atoms with Gasteiger partial charge in [0.1, 0.15) is 5.75 Å². The van der Waals surface area contributed by atoms with Gasteiger partial charge in [-0.1, -0.05) is 48.0 Å². The van der Waals surface area contributed by atoms with E-state index in [0.29, 0.717) is 20.7 Å². The summed E-state index contributed by atoms with van der Waals surface area (Å²) in [6.45, 7) is 0. The van der Waals surface area contributed by atoms with Crippen LogP contribution in [-0.4, -0.2) is 16.2 Å². The minimum atomic E-state index is -0.203. The molecule has 0 aliphatic carbocycles. The number of aliphatic imine (C=N–C) groups is 1. The van der Waals surface area contributed by atoms with Crippen molar-refractivity contribution in [1.82, 2.24) is 0 Å². The molecule has 1 fully saturated rings. The van der Waals surface area contributed by atoms with E-state index in [1.54, 1.807) is 23.1 Å². The first-order chi connectivity index (χ1) is 13.6. The normalized spacial score (nSPS) is 16.9. The van der Waals surface area contributed by atoms with Crippen molar-refractivity contribution in [2.45, 2.75) is 0 Å². The highest BCUT2D eigenvalue weighted by Gasteiger charge is 2.34. The summed E-state index contributed by atoms with van der Waals surface area (Å²) in [5.74, 6) is -0.143. The van der Waals surface area contributed by atoms with E-state index in [2.05, 4.69) is 4.99 Å². The van der Waals surface area contributed by atoms with Crippen molar-refractivity contribution in [2.75, 3.05) is 4.90 Å². The van der Waals surface area contributed by atoms with E-state index in [4.69, 9.17) is 11.6 Å². The molecule has 1 saturated heterocycles. The second-order valence-corrected chi connectivity index (χ2v) is 7.47. The molecule has 0 saturated carbocycles. The van der Waals surface area contributed by atoms with E-state index in [1.165, 1.54) is 17.8 Å². The molecule has 3 aromatic carbocycles. The van der Waals surface area contributed by atoms with E-state index < -0.39 is 0 Å². The third kappa shape index (κ3) is 3.81. The summed E-state index contributed by atoms with van der Waals surface area (Å²) in [5, 5.41) is 11.1. The van der Waals surface area contributed by atoms with Crippen LogP contribution in [0.4, 0.5) is 11.4 Å². The number of anilines is 1. The Morgan fingerprint density at radius 2 is 1.64 bits per heavy atom. The number of rotatable bonds is 3. The topological polar surface area (TPSA) is 52.9 Å². The van der Waals surface area contributed by atoms with Crippen molar-refractivity contribution < 1.29 is 9.90 Å². The third-order valence-electron chi connectivity index (χ3n) is 4.08. The quantitative estimate of drug-likeness (QED) is 0.554. The van der Waals surface area contributed by atoms with Crippen LogP contribution < -0.4 is 4.90 Å². The number of phenolic OH excluding ortho intramolecular Hbond substituents is 1. The van der Waals surface area contributed by atoms with Crippen LogP contribution in [0.15, 0.2) is 88.8 Å². The molecule has 1 amide bonds. The molecular formula is C22H15ClN2O2S. The number of thioether (sulfide) groups is 1. The van der Waals surface area contributed by atoms with Crippen molar-refractivity contribution in [3.63, 3.8) is 0 Å². The zero-order valence-electron chi connectivity index (χ0n) is 14.6. The number of amides is 1. The molecule has 0 radical (unpaired) electrons. The summed E-state index contributed by atoms with van der Waals surface area (Å²) in [7, 11) is 0. The zero-order chi connectivity index (χ0) is 19.5. The van der Waals surface area contributed by atoms with Crippen LogP contribution in [0.2, 0.25) is 5.02 Å². The lowest BCUT2D eigenvalue weighted by molar-refractivity contribution is -0.113. The molecule has 1 N–H and O–H groups in total. The fourth-order valence-electron chi connectivity index (χ4n) is 2.75. The fraction of sp³-hybridized carbons (Fsp3) is 0. The molecule has 138 valence electrons. The number of benzene rings is 3. The van der Waals surface area contributed by atoms with Crippen LogP contribution in [0.5, 0.6) is 5.75 Å². The van der Waals surface area contributed by atoms with Crippen LogP contribution >= 0.6 is 23.4 Å². The Labute approximate surface area is 171 Å². The molecule has 0 bridgehead atoms. The van der Waals surface area contributed by atoms with Crippen LogP contribution in [0.25, 0.3) is 6.08 Å². The smallest absolute Gasteiger partial charge is 0.271 e. The minimum Gasteiger partial charge on any atom is -0.507 e. The predicted octanol–water partition coefficient (Wildman–Crippen LogP) is 5.85. The zero-order valence-corrected chi connectivity index (χ0v) is 16.2. The Hall–Kier alpha value is -3.02. The van der Waals surface area contributed by atoms with Gasteiger partial charge in [-0.3, -0.25) is 9.69 Å². The number of hydrogen-bond acceptors (Lipinski definition) is 4. The standard InChI is InChI=1S/C22H15ClN2O2S/c23-16-11-12-19(26)15(13-16)14-20-21(27)25(18-9-5-2-6-10-18)22(28-20)24-17-7-3-1-4-8-17/h1-14,26H/b20-14-,24-22?. The van der Waals surface area contributed by atoms with Crippen LogP contribution in [-0.2, 0) is 4.79 Å². The SMILES string of the molecule is O=C1/C(=C/c2cc(Cl)ccc2O)SC(=Nc2ccccc2)N1c1ccccc1. The Kier molecular flexibility index (Phi) is 5.19. The number of hydrogen-bond donors (Lipinski definition) is 1. The van der Waals surface area contributed by atoms with Crippen molar-refractivity contribution in [3.05, 3.63) is 94.4 Å². The maximum absolute atomic E-state index is 13.1. The van der Waals surface area contributed by atoms with Crippen LogP contribution in [0, 0.1) is 0 Å². The lowest BCUT2D eigenvalue weighted by Gasteiger charge is -2.15. The molecule has 3 aromatic rings. The highest BCUT2D eigenvalue weighted by Crippen LogP contribution is 2.38. The largest absolute Gasteiger partial charge is 0.507 e. The molecule has 1 heterocycles. The van der Waals surface area contributed by atoms with Crippen molar-refractivity contribution in [1.29, 1.82) is 0 Å². The number of amidine groups is 1. The number of nitrogens with zero attached hydrogens (tertiary/aromatic N) is 2. The summed E-state index contributed by atoms with van der Waals surface area (Å²) in [6.07, 6.45) is 1.64. The lowest BCUT2D eigenvalue weighted by Crippen LogP contribution is -2.28. The van der Waals surface area contributed by atoms with Crippen molar-refractivity contribution in [2.24, 2.45) is 4.99 Å². The van der Waals surface area contributed by atoms with Crippen molar-refractivity contribution >= 4 is 51.9 Å². The average molecular weight is 407 g/mol. The maximum Gasteiger partial charge on any atom is 0.271 e. The average Bonchev–Trinajstić information content (AvgIpc) is 3.01. The maximum atomic E-state index is 13.1. The Morgan fingerprint density at radius 1 is 0.964 bits per heavy atom. The molecule has 0 unspecified atom stereocenters. The Bertz CT molecular complexity index is 1080. The van der Waals surface area contributed by atoms with Crippen LogP contribution in [0.1, 0.15) is 5.56 Å². The van der Waals surface area contributed by atoms with Gasteiger partial charge in [-0.25, -0.2) is 4.99 Å². The summed E-state index contributed by atoms with van der Waals surface area (Å²) < 4.78 is 0. The van der Waals surface area contributed by atoms with Gasteiger partial charge in [-0.2, -0.15) is 0 Å². The first kappa shape index (κ1) is 18.3. The number of carbonyl (C=O) groups excluding carboxylic acids is 1. The number of phenols is 1. The first-order valence-electron chi connectivity index (χ1n) is 8.53. The molecule has 0 spiro atoms. The van der Waals surface area contributed by atoms with E-state index in [9.17, 15) is 9.90 Å². The monoisotopic (exact) mass is 406 g/mol. The van der Waals surface area contributed by atoms with E-state index in [-0.39, 0.29) is 11.7 Å². The molecular weight excluding hydrogens is 392 g/mol. The minimum absolute atomic E-state index is 0.0602. The van der Waals surface area contributed by atoms with Crippen LogP contribution in [0.3, 0.4) is 0 Å². The van der Waals surface area contributed by atoms with Gasteiger partial charge in [0.2, 0.25) is 0 Å². The summed E-state index contributed by atoms with van der Waals surface area (Å²) in [5.41, 5.74) is 1.97. The highest BCUT2D eigenvalue weighted by molar-refractivity contribution is 8.19. The second-order valence-electron chi connectivity index (χ2n) is 6.02. The molecule has 6 heteroatoms. The Balaban J connectivity index is 1.79. The van der Waals surface area contributed by atoms with Gasteiger partial charge in [0.25, 0.3) is 5.91 Å². The van der Waals surface area contributed by atoms with Gasteiger partial charge in [0.05, 0.1) is 16.3 Å². The number of aromatic hydroxyl groups is 1. The van der Waals surface area contributed by atoms with Gasteiger partial charge < -0.3 is 5.11 Å². The van der Waals surface area contributed by atoms with E-state index >= 15 is 0 Å². The predicted molar refractivity (Wildman–Crippen MR) is 116 cm³/mol. The van der Waals surface area contributed by atoms with E-state index in [1.807, 2.05) is 60.7 Å². The molecule has 0 aromatic heterocycles. The third-order valence-corrected chi connectivity index (χ3v) is 5.28. The number of halogens is 1.